The van der Waals surface area contributed by atoms with Crippen LogP contribution in [0.5, 0.6) is 5.75 Å². The Labute approximate surface area is 156 Å². The van der Waals surface area contributed by atoms with Gasteiger partial charge in [-0.15, -0.1) is 0 Å². The van der Waals surface area contributed by atoms with Crippen LogP contribution in [0, 0.1) is 10.1 Å². The minimum atomic E-state index is -0.758. The number of nitro groups is 1. The van der Waals surface area contributed by atoms with Crippen molar-refractivity contribution in [2.45, 2.75) is 13.0 Å². The third kappa shape index (κ3) is 4.70. The summed E-state index contributed by atoms with van der Waals surface area (Å²) in [5.74, 6) is 0.180. The average molecular weight is 362 g/mol. The Balaban J connectivity index is 1.63. The van der Waals surface area contributed by atoms with Crippen LogP contribution < -0.4 is 10.1 Å². The number of nitro benzene ring substituents is 1. The number of nitrogens with one attached hydrogen (secondary N) is 1. The lowest BCUT2D eigenvalue weighted by Crippen LogP contribution is -2.30. The molecule has 0 aliphatic rings. The Hall–Kier alpha value is -3.67. The van der Waals surface area contributed by atoms with E-state index in [2.05, 4.69) is 5.32 Å². The Kier molecular flexibility index (Phi) is 5.47. The molecule has 3 rings (SSSR count). The van der Waals surface area contributed by atoms with E-state index in [1.165, 1.54) is 18.2 Å². The molecule has 27 heavy (non-hydrogen) atoms. The standard InChI is InChI=1S/C21H18N2O4/c1-15(21(24)22-18-8-5-9-19(14-18)23(25)26)27-20-12-10-17(11-13-20)16-6-3-2-4-7-16/h2-15H,1H3,(H,22,24)/t15-/m0/s1. The fraction of sp³-hybridized carbons (Fsp3) is 0.0952. The summed E-state index contributed by atoms with van der Waals surface area (Å²) in [5, 5.41) is 13.4. The molecule has 1 N–H and O–H groups in total. The molecular weight excluding hydrogens is 344 g/mol. The number of nitrogens with zero attached hydrogens (tertiary/aromatic N) is 1. The summed E-state index contributed by atoms with van der Waals surface area (Å²) in [6.07, 6.45) is -0.758. The Morgan fingerprint density at radius 3 is 2.30 bits per heavy atom. The average Bonchev–Trinajstić information content (AvgIpc) is 2.69. The normalized spacial score (nSPS) is 11.4. The van der Waals surface area contributed by atoms with Crippen molar-refractivity contribution in [3.8, 4) is 16.9 Å². The molecule has 0 spiro atoms. The zero-order valence-corrected chi connectivity index (χ0v) is 14.7. The number of ether oxygens (including phenoxy) is 1. The van der Waals surface area contributed by atoms with Gasteiger partial charge in [0.2, 0.25) is 0 Å². The number of rotatable bonds is 6. The van der Waals surface area contributed by atoms with Crippen molar-refractivity contribution >= 4 is 17.3 Å². The van der Waals surface area contributed by atoms with Gasteiger partial charge in [-0.25, -0.2) is 0 Å². The fourth-order valence-corrected chi connectivity index (χ4v) is 2.56. The summed E-state index contributed by atoms with van der Waals surface area (Å²) in [5.41, 5.74) is 2.42. The van der Waals surface area contributed by atoms with Gasteiger partial charge in [0.15, 0.2) is 6.10 Å². The van der Waals surface area contributed by atoms with Gasteiger partial charge in [0, 0.05) is 17.8 Å². The third-order valence-electron chi connectivity index (χ3n) is 3.97. The fourth-order valence-electron chi connectivity index (χ4n) is 2.56. The van der Waals surface area contributed by atoms with Crippen LogP contribution >= 0.6 is 0 Å². The molecule has 3 aromatic rings. The third-order valence-corrected chi connectivity index (χ3v) is 3.97. The lowest BCUT2D eigenvalue weighted by atomic mass is 10.1. The number of benzene rings is 3. The minimum absolute atomic E-state index is 0.0853. The van der Waals surface area contributed by atoms with Crippen LogP contribution in [0.4, 0.5) is 11.4 Å². The maximum atomic E-state index is 12.3. The van der Waals surface area contributed by atoms with E-state index < -0.39 is 11.0 Å². The number of anilines is 1. The molecule has 0 fully saturated rings. The number of hydrogen-bond donors (Lipinski definition) is 1. The van der Waals surface area contributed by atoms with E-state index in [1.807, 2.05) is 42.5 Å². The molecule has 0 heterocycles. The van der Waals surface area contributed by atoms with Gasteiger partial charge in [-0.2, -0.15) is 0 Å². The van der Waals surface area contributed by atoms with Crippen LogP contribution in [0.1, 0.15) is 6.92 Å². The van der Waals surface area contributed by atoms with E-state index in [-0.39, 0.29) is 11.6 Å². The predicted octanol–water partition coefficient (Wildman–Crippen LogP) is 4.67. The van der Waals surface area contributed by atoms with Crippen molar-refractivity contribution in [3.05, 3.63) is 89.0 Å². The first kappa shape index (κ1) is 18.1. The molecule has 0 aliphatic carbocycles. The van der Waals surface area contributed by atoms with E-state index in [9.17, 15) is 14.9 Å². The Morgan fingerprint density at radius 2 is 1.63 bits per heavy atom. The van der Waals surface area contributed by atoms with Crippen LogP contribution in [0.2, 0.25) is 0 Å². The number of amides is 1. The Morgan fingerprint density at radius 1 is 0.963 bits per heavy atom. The molecule has 3 aromatic carbocycles. The monoisotopic (exact) mass is 362 g/mol. The number of hydrogen-bond acceptors (Lipinski definition) is 4. The summed E-state index contributed by atoms with van der Waals surface area (Å²) < 4.78 is 5.67. The van der Waals surface area contributed by atoms with Crippen LogP contribution in [0.3, 0.4) is 0 Å². The van der Waals surface area contributed by atoms with E-state index >= 15 is 0 Å². The molecule has 0 aromatic heterocycles. The van der Waals surface area contributed by atoms with Crippen LogP contribution in [-0.2, 0) is 4.79 Å². The van der Waals surface area contributed by atoms with E-state index in [0.717, 1.165) is 11.1 Å². The van der Waals surface area contributed by atoms with Gasteiger partial charge in [-0.3, -0.25) is 14.9 Å². The molecule has 0 unspecified atom stereocenters. The first-order valence-corrected chi connectivity index (χ1v) is 8.40. The van der Waals surface area contributed by atoms with Gasteiger partial charge >= 0.3 is 0 Å². The number of carbonyl (C=O) groups excluding carboxylic acids is 1. The summed E-state index contributed by atoms with van der Waals surface area (Å²) in [6, 6.07) is 23.2. The van der Waals surface area contributed by atoms with Crippen LogP contribution in [0.15, 0.2) is 78.9 Å². The largest absolute Gasteiger partial charge is 0.481 e. The second kappa shape index (κ2) is 8.14. The molecule has 0 saturated carbocycles. The highest BCUT2D eigenvalue weighted by Gasteiger charge is 2.16. The van der Waals surface area contributed by atoms with E-state index in [0.29, 0.717) is 11.4 Å². The van der Waals surface area contributed by atoms with E-state index in [1.54, 1.807) is 25.1 Å². The lowest BCUT2D eigenvalue weighted by molar-refractivity contribution is -0.384. The number of non-ortho nitro benzene ring substituents is 1. The van der Waals surface area contributed by atoms with Gasteiger partial charge in [-0.05, 0) is 36.2 Å². The zero-order chi connectivity index (χ0) is 19.2. The van der Waals surface area contributed by atoms with Gasteiger partial charge in [-0.1, -0.05) is 48.5 Å². The molecule has 136 valence electrons. The first-order valence-electron chi connectivity index (χ1n) is 8.40. The zero-order valence-electron chi connectivity index (χ0n) is 14.7. The van der Waals surface area contributed by atoms with Crippen LogP contribution in [0.25, 0.3) is 11.1 Å². The molecule has 6 heteroatoms. The van der Waals surface area contributed by atoms with E-state index in [4.69, 9.17) is 4.74 Å². The van der Waals surface area contributed by atoms with Crippen molar-refractivity contribution in [3.63, 3.8) is 0 Å². The quantitative estimate of drug-likeness (QED) is 0.510. The maximum Gasteiger partial charge on any atom is 0.271 e. The van der Waals surface area contributed by atoms with Gasteiger partial charge in [0.25, 0.3) is 11.6 Å². The molecule has 1 atom stereocenters. The minimum Gasteiger partial charge on any atom is -0.481 e. The summed E-state index contributed by atoms with van der Waals surface area (Å²) >= 11 is 0. The molecule has 0 aliphatic heterocycles. The molecular formula is C21H18N2O4. The van der Waals surface area contributed by atoms with Crippen molar-refractivity contribution in [2.24, 2.45) is 0 Å². The summed E-state index contributed by atoms with van der Waals surface area (Å²) in [7, 11) is 0. The molecule has 0 saturated heterocycles. The molecule has 0 bridgehead atoms. The van der Waals surface area contributed by atoms with Crippen molar-refractivity contribution < 1.29 is 14.5 Å². The molecule has 0 radical (unpaired) electrons. The first-order chi connectivity index (χ1) is 13.0. The topological polar surface area (TPSA) is 81.5 Å². The second-order valence-electron chi connectivity index (χ2n) is 5.95. The molecule has 6 nitrogen and oxygen atoms in total. The SMILES string of the molecule is C[C@H](Oc1ccc(-c2ccccc2)cc1)C(=O)Nc1cccc([N+](=O)[O-])c1. The highest BCUT2D eigenvalue weighted by molar-refractivity contribution is 5.94. The van der Waals surface area contributed by atoms with Crippen LogP contribution in [-0.4, -0.2) is 16.9 Å². The van der Waals surface area contributed by atoms with Gasteiger partial charge in [0.1, 0.15) is 5.75 Å². The smallest absolute Gasteiger partial charge is 0.271 e. The highest BCUT2D eigenvalue weighted by Crippen LogP contribution is 2.23. The van der Waals surface area contributed by atoms with Gasteiger partial charge in [0.05, 0.1) is 4.92 Å². The number of carbonyl (C=O) groups is 1. The lowest BCUT2D eigenvalue weighted by Gasteiger charge is -2.15. The predicted molar refractivity (Wildman–Crippen MR) is 104 cm³/mol. The highest BCUT2D eigenvalue weighted by atomic mass is 16.6. The van der Waals surface area contributed by atoms with Crippen molar-refractivity contribution in [2.75, 3.05) is 5.32 Å². The Bertz CT molecular complexity index is 940. The van der Waals surface area contributed by atoms with Gasteiger partial charge < -0.3 is 10.1 Å². The summed E-state index contributed by atoms with van der Waals surface area (Å²) in [6.45, 7) is 1.62. The van der Waals surface area contributed by atoms with Crippen molar-refractivity contribution in [1.29, 1.82) is 0 Å². The summed E-state index contributed by atoms with van der Waals surface area (Å²) in [4.78, 5) is 22.6. The molecule has 1 amide bonds. The second-order valence-corrected chi connectivity index (χ2v) is 5.95. The maximum absolute atomic E-state index is 12.3. The van der Waals surface area contributed by atoms with Crippen molar-refractivity contribution in [1.82, 2.24) is 0 Å².